The second-order valence-electron chi connectivity index (χ2n) is 9.36. The molecule has 0 spiro atoms. The zero-order valence-corrected chi connectivity index (χ0v) is 22.2. The molecular weight excluding hydrogens is 496 g/mol. The molecule has 1 aliphatic rings. The van der Waals surface area contributed by atoms with Gasteiger partial charge in [-0.1, -0.05) is 66.2 Å². The van der Waals surface area contributed by atoms with Gasteiger partial charge in [0.05, 0.1) is 12.7 Å². The fraction of sp³-hybridized carbons (Fsp3) is 0.219. The minimum absolute atomic E-state index is 0.295. The molecule has 5 nitrogen and oxygen atoms in total. The molecule has 194 valence electrons. The molecule has 0 amide bonds. The van der Waals surface area contributed by atoms with E-state index in [2.05, 4.69) is 52.3 Å². The van der Waals surface area contributed by atoms with Gasteiger partial charge in [-0.3, -0.25) is 4.90 Å². The Morgan fingerprint density at radius 2 is 1.53 bits per heavy atom. The van der Waals surface area contributed by atoms with E-state index in [1.54, 1.807) is 0 Å². The molecule has 1 aliphatic heterocycles. The summed E-state index contributed by atoms with van der Waals surface area (Å²) in [6, 6.07) is 32.2. The molecule has 0 bridgehead atoms. The molecule has 0 aromatic heterocycles. The Morgan fingerprint density at radius 3 is 2.26 bits per heavy atom. The standard InChI is InChI=1S/C32H31ClN2O3/c1-37-32(36)31-16-15-28(21-26(31)23-38-29-8-3-2-4-9-29)35-19-17-34(18-20-35)22-25-7-5-6-10-30(25)24-11-13-27(33)14-12-24/h2-16,21H,17-20,22-23H2,1H3. The fourth-order valence-corrected chi connectivity index (χ4v) is 4.98. The van der Waals surface area contributed by atoms with E-state index < -0.39 is 0 Å². The second-order valence-corrected chi connectivity index (χ2v) is 9.80. The summed E-state index contributed by atoms with van der Waals surface area (Å²) in [5, 5.41) is 0.747. The van der Waals surface area contributed by atoms with Gasteiger partial charge < -0.3 is 14.4 Å². The van der Waals surface area contributed by atoms with Gasteiger partial charge in [0.15, 0.2) is 0 Å². The van der Waals surface area contributed by atoms with E-state index in [9.17, 15) is 4.79 Å². The number of nitrogens with zero attached hydrogens (tertiary/aromatic N) is 2. The first-order chi connectivity index (χ1) is 18.6. The number of halogens is 1. The smallest absolute Gasteiger partial charge is 0.338 e. The van der Waals surface area contributed by atoms with Gasteiger partial charge in [0, 0.05) is 49.0 Å². The van der Waals surface area contributed by atoms with Crippen molar-refractivity contribution in [3.63, 3.8) is 0 Å². The largest absolute Gasteiger partial charge is 0.489 e. The molecule has 4 aromatic carbocycles. The third-order valence-corrected chi connectivity index (χ3v) is 7.19. The Kier molecular flexibility index (Phi) is 8.27. The summed E-state index contributed by atoms with van der Waals surface area (Å²) in [6.45, 7) is 4.89. The Morgan fingerprint density at radius 1 is 0.816 bits per heavy atom. The van der Waals surface area contributed by atoms with E-state index in [1.165, 1.54) is 23.8 Å². The number of carbonyl (C=O) groups excluding carboxylic acids is 1. The van der Waals surface area contributed by atoms with Gasteiger partial charge in [-0.2, -0.15) is 0 Å². The van der Waals surface area contributed by atoms with E-state index >= 15 is 0 Å². The van der Waals surface area contributed by atoms with Gasteiger partial charge in [0.25, 0.3) is 0 Å². The van der Waals surface area contributed by atoms with Crippen LogP contribution >= 0.6 is 11.6 Å². The number of para-hydroxylation sites is 1. The van der Waals surface area contributed by atoms with Crippen LogP contribution in [0.3, 0.4) is 0 Å². The van der Waals surface area contributed by atoms with E-state index in [0.717, 1.165) is 54.7 Å². The highest BCUT2D eigenvalue weighted by molar-refractivity contribution is 6.30. The lowest BCUT2D eigenvalue weighted by molar-refractivity contribution is 0.0597. The zero-order valence-electron chi connectivity index (χ0n) is 21.5. The molecule has 38 heavy (non-hydrogen) atoms. The molecule has 5 rings (SSSR count). The first-order valence-corrected chi connectivity index (χ1v) is 13.2. The summed E-state index contributed by atoms with van der Waals surface area (Å²) in [7, 11) is 1.41. The molecule has 0 N–H and O–H groups in total. The number of esters is 1. The average molecular weight is 527 g/mol. The maximum Gasteiger partial charge on any atom is 0.338 e. The van der Waals surface area contributed by atoms with Crippen LogP contribution in [0.4, 0.5) is 5.69 Å². The summed E-state index contributed by atoms with van der Waals surface area (Å²) in [5.74, 6) is 0.411. The lowest BCUT2D eigenvalue weighted by atomic mass is 9.99. The van der Waals surface area contributed by atoms with Crippen molar-refractivity contribution in [2.75, 3.05) is 38.2 Å². The van der Waals surface area contributed by atoms with Crippen LogP contribution in [0.5, 0.6) is 5.75 Å². The van der Waals surface area contributed by atoms with Crippen molar-refractivity contribution < 1.29 is 14.3 Å². The van der Waals surface area contributed by atoms with Crippen LogP contribution in [0.15, 0.2) is 97.1 Å². The fourth-order valence-electron chi connectivity index (χ4n) is 4.86. The lowest BCUT2D eigenvalue weighted by Gasteiger charge is -2.36. The van der Waals surface area contributed by atoms with Crippen molar-refractivity contribution in [2.45, 2.75) is 13.2 Å². The monoisotopic (exact) mass is 526 g/mol. The summed E-state index contributed by atoms with van der Waals surface area (Å²) in [6.07, 6.45) is 0. The Balaban J connectivity index is 1.26. The molecule has 1 saturated heterocycles. The summed E-state index contributed by atoms with van der Waals surface area (Å²) < 4.78 is 11.0. The number of methoxy groups -OCH3 is 1. The van der Waals surface area contributed by atoms with Crippen molar-refractivity contribution in [1.82, 2.24) is 4.90 Å². The molecule has 1 fully saturated rings. The first-order valence-electron chi connectivity index (χ1n) is 12.8. The number of anilines is 1. The molecule has 0 unspecified atom stereocenters. The summed E-state index contributed by atoms with van der Waals surface area (Å²) >= 11 is 6.10. The van der Waals surface area contributed by atoms with E-state index in [4.69, 9.17) is 21.1 Å². The van der Waals surface area contributed by atoms with Crippen LogP contribution in [0, 0.1) is 0 Å². The molecular formula is C32H31ClN2O3. The van der Waals surface area contributed by atoms with Crippen molar-refractivity contribution in [2.24, 2.45) is 0 Å². The molecule has 0 atom stereocenters. The summed E-state index contributed by atoms with van der Waals surface area (Å²) in [5.41, 5.74) is 6.17. The van der Waals surface area contributed by atoms with Crippen molar-refractivity contribution in [3.05, 3.63) is 119 Å². The van der Waals surface area contributed by atoms with Gasteiger partial charge in [0.1, 0.15) is 12.4 Å². The van der Waals surface area contributed by atoms with Gasteiger partial charge >= 0.3 is 5.97 Å². The SMILES string of the molecule is COC(=O)c1ccc(N2CCN(Cc3ccccc3-c3ccc(Cl)cc3)CC2)cc1COc1ccccc1. The second kappa shape index (κ2) is 12.2. The Hall–Kier alpha value is -3.80. The van der Waals surface area contributed by atoms with Crippen LogP contribution in [-0.2, 0) is 17.9 Å². The highest BCUT2D eigenvalue weighted by Gasteiger charge is 2.21. The average Bonchev–Trinajstić information content (AvgIpc) is 2.97. The van der Waals surface area contributed by atoms with Gasteiger partial charge in [-0.15, -0.1) is 0 Å². The highest BCUT2D eigenvalue weighted by atomic mass is 35.5. The third kappa shape index (κ3) is 6.18. The number of benzene rings is 4. The van der Waals surface area contributed by atoms with Crippen LogP contribution in [0.25, 0.3) is 11.1 Å². The molecule has 4 aromatic rings. The Bertz CT molecular complexity index is 1370. The van der Waals surface area contributed by atoms with Crippen molar-refractivity contribution >= 4 is 23.3 Å². The number of ether oxygens (including phenoxy) is 2. The third-order valence-electron chi connectivity index (χ3n) is 6.94. The minimum Gasteiger partial charge on any atom is -0.489 e. The molecule has 0 saturated carbocycles. The number of piperazine rings is 1. The molecule has 0 radical (unpaired) electrons. The quantitative estimate of drug-likeness (QED) is 0.239. The number of hydrogen-bond acceptors (Lipinski definition) is 5. The van der Waals surface area contributed by atoms with Crippen LogP contribution in [0.2, 0.25) is 5.02 Å². The van der Waals surface area contributed by atoms with Gasteiger partial charge in [0.2, 0.25) is 0 Å². The molecule has 1 heterocycles. The topological polar surface area (TPSA) is 42.0 Å². The highest BCUT2D eigenvalue weighted by Crippen LogP contribution is 2.28. The predicted octanol–water partition coefficient (Wildman–Crippen LogP) is 6.69. The lowest BCUT2D eigenvalue weighted by Crippen LogP contribution is -2.46. The van der Waals surface area contributed by atoms with Crippen LogP contribution in [-0.4, -0.2) is 44.2 Å². The van der Waals surface area contributed by atoms with Crippen molar-refractivity contribution in [3.8, 4) is 16.9 Å². The van der Waals surface area contributed by atoms with Crippen LogP contribution < -0.4 is 9.64 Å². The summed E-state index contributed by atoms with van der Waals surface area (Å²) in [4.78, 5) is 17.3. The number of rotatable bonds is 8. The maximum atomic E-state index is 12.4. The number of hydrogen-bond donors (Lipinski definition) is 0. The molecule has 6 heteroatoms. The van der Waals surface area contributed by atoms with Gasteiger partial charge in [-0.25, -0.2) is 4.79 Å². The van der Waals surface area contributed by atoms with E-state index in [-0.39, 0.29) is 5.97 Å². The van der Waals surface area contributed by atoms with E-state index in [0.29, 0.717) is 12.2 Å². The normalized spacial score (nSPS) is 13.8. The van der Waals surface area contributed by atoms with E-state index in [1.807, 2.05) is 54.6 Å². The molecule has 0 aliphatic carbocycles. The maximum absolute atomic E-state index is 12.4. The predicted molar refractivity (Wildman–Crippen MR) is 153 cm³/mol. The Labute approximate surface area is 229 Å². The number of carbonyl (C=O) groups is 1. The first kappa shape index (κ1) is 25.8. The minimum atomic E-state index is -0.354. The van der Waals surface area contributed by atoms with Crippen LogP contribution in [0.1, 0.15) is 21.5 Å². The van der Waals surface area contributed by atoms with Crippen molar-refractivity contribution in [1.29, 1.82) is 0 Å². The zero-order chi connectivity index (χ0) is 26.3. The van der Waals surface area contributed by atoms with Gasteiger partial charge in [-0.05, 0) is 59.2 Å².